The van der Waals surface area contributed by atoms with Crippen LogP contribution in [0.1, 0.15) is 43.4 Å². The third kappa shape index (κ3) is 3.73. The Morgan fingerprint density at radius 3 is 2.27 bits per heavy atom. The molecule has 3 heterocycles. The maximum atomic E-state index is 15.1. The van der Waals surface area contributed by atoms with Gasteiger partial charge >= 0.3 is 0 Å². The molecule has 8 nitrogen and oxygen atoms in total. The first-order chi connectivity index (χ1) is 21.4. The summed E-state index contributed by atoms with van der Waals surface area (Å²) < 4.78 is 16.6. The predicted molar refractivity (Wildman–Crippen MR) is 165 cm³/mol. The first-order valence-corrected chi connectivity index (χ1v) is 14.3. The van der Waals surface area contributed by atoms with Gasteiger partial charge in [-0.05, 0) is 59.2 Å². The first-order valence-electron chi connectivity index (χ1n) is 14.3. The van der Waals surface area contributed by atoms with E-state index in [1.54, 1.807) is 42.5 Å². The van der Waals surface area contributed by atoms with Gasteiger partial charge in [-0.1, -0.05) is 54.6 Å². The van der Waals surface area contributed by atoms with Gasteiger partial charge < -0.3 is 24.4 Å². The average Bonchev–Trinajstić information content (AvgIpc) is 3.55. The number of carbonyl (C=O) groups excluding carboxylic acids is 3. The third-order valence-electron chi connectivity index (χ3n) is 9.16. The molecule has 4 aromatic carbocycles. The molecule has 1 amide bonds. The van der Waals surface area contributed by atoms with E-state index in [0.717, 1.165) is 11.1 Å². The van der Waals surface area contributed by atoms with Crippen LogP contribution in [-0.2, 0) is 10.2 Å². The number of hydrogen-bond acceptors (Lipinski definition) is 7. The van der Waals surface area contributed by atoms with Crippen molar-refractivity contribution in [3.05, 3.63) is 125 Å². The molecule has 7 rings (SSSR count). The summed E-state index contributed by atoms with van der Waals surface area (Å²) in [5.74, 6) is -0.882. The number of rotatable bonds is 7. The van der Waals surface area contributed by atoms with Crippen LogP contribution in [0.5, 0.6) is 17.2 Å². The van der Waals surface area contributed by atoms with E-state index in [0.29, 0.717) is 39.6 Å². The molecule has 0 saturated carbocycles. The standard InChI is InChI=1S/C36H30N2O6/c1-42-27-15-9-6-12-24(27)33(40)30-31(32(39)22-16-17-28(43-2)29(20-22)44-3)38-19-18-21-10-4-5-11-23(21)34(38)36(30)25-13-7-8-14-26(25)37-35(36)41/h4-20,30-31,34H,1-3H3,(H,37,41)/t30-,31+,34+,36+/m1/s1. The fourth-order valence-electron chi connectivity index (χ4n) is 7.34. The molecule has 4 atom stereocenters. The number of para-hydroxylation sites is 2. The number of carbonyl (C=O) groups is 3. The van der Waals surface area contributed by atoms with E-state index in [1.807, 2.05) is 65.7 Å². The molecule has 44 heavy (non-hydrogen) atoms. The minimum Gasteiger partial charge on any atom is -0.496 e. The van der Waals surface area contributed by atoms with E-state index in [-0.39, 0.29) is 17.5 Å². The second kappa shape index (κ2) is 10.4. The summed E-state index contributed by atoms with van der Waals surface area (Å²) in [6.07, 6.45) is 3.78. The lowest BCUT2D eigenvalue weighted by Gasteiger charge is -2.38. The summed E-state index contributed by atoms with van der Waals surface area (Å²) in [5.41, 5.74) is 2.29. The van der Waals surface area contributed by atoms with Crippen LogP contribution in [0.15, 0.2) is 97.2 Å². The van der Waals surface area contributed by atoms with E-state index in [2.05, 4.69) is 5.32 Å². The van der Waals surface area contributed by atoms with Gasteiger partial charge in [0.15, 0.2) is 23.1 Å². The zero-order valence-corrected chi connectivity index (χ0v) is 24.4. The number of ketones is 2. The second-order valence-corrected chi connectivity index (χ2v) is 11.1. The molecule has 0 unspecified atom stereocenters. The van der Waals surface area contributed by atoms with Crippen molar-refractivity contribution in [3.63, 3.8) is 0 Å². The fourth-order valence-corrected chi connectivity index (χ4v) is 7.34. The van der Waals surface area contributed by atoms with Crippen molar-refractivity contribution < 1.29 is 28.6 Å². The Morgan fingerprint density at radius 1 is 0.773 bits per heavy atom. The van der Waals surface area contributed by atoms with E-state index in [4.69, 9.17) is 14.2 Å². The van der Waals surface area contributed by atoms with E-state index < -0.39 is 23.4 Å². The number of anilines is 1. The number of benzene rings is 4. The molecular formula is C36H30N2O6. The Balaban J connectivity index is 1.53. The van der Waals surface area contributed by atoms with Gasteiger partial charge in [-0.15, -0.1) is 0 Å². The highest BCUT2D eigenvalue weighted by Crippen LogP contribution is 2.62. The summed E-state index contributed by atoms with van der Waals surface area (Å²) in [6.45, 7) is 0. The number of fused-ring (bicyclic) bond motifs is 6. The summed E-state index contributed by atoms with van der Waals surface area (Å²) in [4.78, 5) is 46.4. The van der Waals surface area contributed by atoms with Crippen LogP contribution < -0.4 is 19.5 Å². The van der Waals surface area contributed by atoms with Crippen molar-refractivity contribution >= 4 is 29.2 Å². The maximum Gasteiger partial charge on any atom is 0.238 e. The van der Waals surface area contributed by atoms with Crippen molar-refractivity contribution in [1.82, 2.24) is 4.90 Å². The van der Waals surface area contributed by atoms with Crippen LogP contribution in [-0.4, -0.2) is 49.7 Å². The quantitative estimate of drug-likeness (QED) is 0.278. The molecule has 1 fully saturated rings. The third-order valence-corrected chi connectivity index (χ3v) is 9.16. The minimum atomic E-state index is -1.44. The van der Waals surface area contributed by atoms with Gasteiger partial charge in [0.2, 0.25) is 5.91 Å². The van der Waals surface area contributed by atoms with Crippen LogP contribution in [0.3, 0.4) is 0 Å². The molecule has 1 N–H and O–H groups in total. The Kier molecular flexibility index (Phi) is 6.50. The highest BCUT2D eigenvalue weighted by atomic mass is 16.5. The lowest BCUT2D eigenvalue weighted by Crippen LogP contribution is -2.49. The fraction of sp³-hybridized carbons (Fsp3) is 0.194. The van der Waals surface area contributed by atoms with E-state index in [1.165, 1.54) is 21.3 Å². The average molecular weight is 587 g/mol. The first kappa shape index (κ1) is 27.5. The Hall–Kier alpha value is -5.37. The lowest BCUT2D eigenvalue weighted by atomic mass is 9.62. The zero-order chi connectivity index (χ0) is 30.6. The monoisotopic (exact) mass is 586 g/mol. The molecule has 0 bridgehead atoms. The van der Waals surface area contributed by atoms with E-state index >= 15 is 4.79 Å². The van der Waals surface area contributed by atoms with Gasteiger partial charge in [0.1, 0.15) is 17.2 Å². The molecule has 8 heteroatoms. The largest absolute Gasteiger partial charge is 0.496 e. The number of methoxy groups -OCH3 is 3. The number of Topliss-reactive ketones (excluding diaryl/α,β-unsaturated/α-hetero) is 2. The van der Waals surface area contributed by atoms with Crippen molar-refractivity contribution in [2.24, 2.45) is 5.92 Å². The maximum absolute atomic E-state index is 15.1. The van der Waals surface area contributed by atoms with Crippen molar-refractivity contribution in [2.75, 3.05) is 26.6 Å². The summed E-state index contributed by atoms with van der Waals surface area (Å²) in [5, 5.41) is 3.07. The smallest absolute Gasteiger partial charge is 0.238 e. The molecule has 0 radical (unpaired) electrons. The molecule has 0 aromatic heterocycles. The SMILES string of the molecule is COc1ccc(C(=O)[C@@H]2[C@H](C(=O)c3ccccc3OC)[C@]3(C(=O)Nc4ccccc43)[C@@H]3c4ccccc4C=CN23)cc1OC. The van der Waals surface area contributed by atoms with Gasteiger partial charge in [-0.25, -0.2) is 0 Å². The molecule has 220 valence electrons. The number of hydrogen-bond donors (Lipinski definition) is 1. The van der Waals surface area contributed by atoms with Crippen molar-refractivity contribution in [3.8, 4) is 17.2 Å². The number of nitrogens with zero attached hydrogens (tertiary/aromatic N) is 1. The second-order valence-electron chi connectivity index (χ2n) is 11.1. The lowest BCUT2D eigenvalue weighted by molar-refractivity contribution is -0.122. The van der Waals surface area contributed by atoms with Crippen LogP contribution in [0.4, 0.5) is 5.69 Å². The van der Waals surface area contributed by atoms with Crippen molar-refractivity contribution in [1.29, 1.82) is 0 Å². The van der Waals surface area contributed by atoms with Crippen LogP contribution >= 0.6 is 0 Å². The molecule has 4 aromatic rings. The highest BCUT2D eigenvalue weighted by Gasteiger charge is 2.70. The van der Waals surface area contributed by atoms with Crippen LogP contribution in [0.25, 0.3) is 6.08 Å². The van der Waals surface area contributed by atoms with Crippen molar-refractivity contribution in [2.45, 2.75) is 17.5 Å². The van der Waals surface area contributed by atoms with Gasteiger partial charge in [0.25, 0.3) is 0 Å². The van der Waals surface area contributed by atoms with Gasteiger partial charge in [0, 0.05) is 17.5 Å². The highest BCUT2D eigenvalue weighted by molar-refractivity contribution is 6.17. The number of amides is 1. The summed E-state index contributed by atoms with van der Waals surface area (Å²) in [7, 11) is 4.53. The molecule has 0 aliphatic carbocycles. The Morgan fingerprint density at radius 2 is 1.48 bits per heavy atom. The topological polar surface area (TPSA) is 94.2 Å². The summed E-state index contributed by atoms with van der Waals surface area (Å²) >= 11 is 0. The molecule has 3 aliphatic rings. The summed E-state index contributed by atoms with van der Waals surface area (Å²) in [6, 6.07) is 25.5. The van der Waals surface area contributed by atoms with Crippen LogP contribution in [0, 0.1) is 5.92 Å². The number of ether oxygens (including phenoxy) is 3. The zero-order valence-electron chi connectivity index (χ0n) is 24.4. The minimum absolute atomic E-state index is 0.304. The predicted octanol–water partition coefficient (Wildman–Crippen LogP) is 5.69. The van der Waals surface area contributed by atoms with Gasteiger partial charge in [-0.2, -0.15) is 0 Å². The Labute approximate surface area is 254 Å². The molecule has 1 spiro atoms. The molecule has 1 saturated heterocycles. The van der Waals surface area contributed by atoms with Crippen LogP contribution in [0.2, 0.25) is 0 Å². The normalized spacial score (nSPS) is 22.6. The molecular weight excluding hydrogens is 556 g/mol. The van der Waals surface area contributed by atoms with Gasteiger partial charge in [0.05, 0.1) is 38.9 Å². The van der Waals surface area contributed by atoms with E-state index in [9.17, 15) is 9.59 Å². The van der Waals surface area contributed by atoms with Gasteiger partial charge in [-0.3, -0.25) is 14.4 Å². The Bertz CT molecular complexity index is 1870. The number of nitrogens with one attached hydrogen (secondary N) is 1. The molecule has 3 aliphatic heterocycles.